The molecule has 0 saturated heterocycles. The number of rotatable bonds is 6. The van der Waals surface area contributed by atoms with E-state index in [4.69, 9.17) is 9.79 Å². The molecule has 0 saturated carbocycles. The van der Waals surface area contributed by atoms with Crippen LogP contribution in [-0.2, 0) is 23.4 Å². The van der Waals surface area contributed by atoms with Gasteiger partial charge in [-0.3, -0.25) is 4.52 Å². The fourth-order valence-electron chi connectivity index (χ4n) is 1.21. The zero-order valence-electron chi connectivity index (χ0n) is 10.7. The van der Waals surface area contributed by atoms with Crippen molar-refractivity contribution in [2.45, 2.75) is 31.1 Å². The number of aliphatic hydroxyl groups is 1. The molecule has 8 nitrogen and oxygen atoms in total. The summed E-state index contributed by atoms with van der Waals surface area (Å²) in [4.78, 5) is 17.1. The van der Waals surface area contributed by atoms with Gasteiger partial charge in [-0.15, -0.1) is 0 Å². The first-order chi connectivity index (χ1) is 9.01. The minimum Gasteiger partial charge on any atom is -0.388 e. The molecular formula is C10H15O8PS. The standard InChI is InChI=1S/C10H15O8PS/c1-7-3-5-9(6-4-7)20(15,16)18-10(8(2)11)17-19(12,13)14/h3-6,8,10-11H,1-2H3,(H2,12,13,14)/t8-,10-/m0/s1. The molecule has 114 valence electrons. The van der Waals surface area contributed by atoms with Gasteiger partial charge < -0.3 is 14.9 Å². The maximum Gasteiger partial charge on any atom is 0.472 e. The highest BCUT2D eigenvalue weighted by molar-refractivity contribution is 7.86. The summed E-state index contributed by atoms with van der Waals surface area (Å²) in [7, 11) is -9.33. The summed E-state index contributed by atoms with van der Waals surface area (Å²) in [5.41, 5.74) is 0.822. The van der Waals surface area contributed by atoms with Gasteiger partial charge >= 0.3 is 7.82 Å². The number of benzene rings is 1. The Balaban J connectivity index is 2.97. The maximum atomic E-state index is 11.9. The first kappa shape index (κ1) is 17.3. The molecule has 1 aromatic carbocycles. The van der Waals surface area contributed by atoms with Crippen molar-refractivity contribution in [2.75, 3.05) is 0 Å². The van der Waals surface area contributed by atoms with Crippen molar-refractivity contribution in [3.8, 4) is 0 Å². The van der Waals surface area contributed by atoms with Gasteiger partial charge in [0.1, 0.15) is 6.10 Å². The first-order valence-electron chi connectivity index (χ1n) is 5.43. The first-order valence-corrected chi connectivity index (χ1v) is 8.37. The number of phosphoric ester groups is 1. The lowest BCUT2D eigenvalue weighted by molar-refractivity contribution is -0.0864. The molecule has 0 fully saturated rings. The van der Waals surface area contributed by atoms with Crippen LogP contribution in [0.15, 0.2) is 29.2 Å². The Bertz CT molecular complexity index is 588. The molecule has 10 heteroatoms. The lowest BCUT2D eigenvalue weighted by Gasteiger charge is -2.20. The molecule has 0 amide bonds. The molecule has 1 aromatic rings. The van der Waals surface area contributed by atoms with Crippen molar-refractivity contribution in [2.24, 2.45) is 0 Å². The van der Waals surface area contributed by atoms with E-state index in [-0.39, 0.29) is 4.90 Å². The predicted molar refractivity (Wildman–Crippen MR) is 68.0 cm³/mol. The van der Waals surface area contributed by atoms with Crippen LogP contribution in [0.1, 0.15) is 12.5 Å². The van der Waals surface area contributed by atoms with Crippen molar-refractivity contribution >= 4 is 17.9 Å². The minimum atomic E-state index is -5.01. The van der Waals surface area contributed by atoms with Gasteiger partial charge in [0, 0.05) is 0 Å². The van der Waals surface area contributed by atoms with E-state index in [1.54, 1.807) is 6.92 Å². The highest BCUT2D eigenvalue weighted by Crippen LogP contribution is 2.39. The van der Waals surface area contributed by atoms with Crippen LogP contribution in [0, 0.1) is 6.92 Å². The van der Waals surface area contributed by atoms with Crippen LogP contribution >= 0.6 is 7.82 Å². The summed E-state index contributed by atoms with van der Waals surface area (Å²) in [6.07, 6.45) is -3.58. The third kappa shape index (κ3) is 5.29. The van der Waals surface area contributed by atoms with Crippen molar-refractivity contribution in [1.29, 1.82) is 0 Å². The molecule has 0 radical (unpaired) electrons. The summed E-state index contributed by atoms with van der Waals surface area (Å²) < 4.78 is 43.1. The van der Waals surface area contributed by atoms with E-state index in [2.05, 4.69) is 8.71 Å². The molecule has 20 heavy (non-hydrogen) atoms. The Morgan fingerprint density at radius 1 is 1.20 bits per heavy atom. The van der Waals surface area contributed by atoms with Crippen LogP contribution in [0.3, 0.4) is 0 Å². The van der Waals surface area contributed by atoms with Crippen LogP contribution in [-0.4, -0.2) is 35.7 Å². The Labute approximate surface area is 116 Å². The summed E-state index contributed by atoms with van der Waals surface area (Å²) in [6.45, 7) is 2.83. The zero-order chi connectivity index (χ0) is 15.6. The van der Waals surface area contributed by atoms with Gasteiger partial charge in [-0.25, -0.2) is 8.75 Å². The lowest BCUT2D eigenvalue weighted by Crippen LogP contribution is -2.31. The van der Waals surface area contributed by atoms with E-state index >= 15 is 0 Å². The van der Waals surface area contributed by atoms with Crippen molar-refractivity contribution in [3.63, 3.8) is 0 Å². The third-order valence-electron chi connectivity index (χ3n) is 2.17. The number of hydrogen-bond acceptors (Lipinski definition) is 6. The second kappa shape index (κ2) is 6.31. The van der Waals surface area contributed by atoms with Crippen molar-refractivity contribution in [3.05, 3.63) is 29.8 Å². The molecule has 1 rings (SSSR count). The molecule has 0 unspecified atom stereocenters. The Kier molecular flexibility index (Phi) is 5.45. The SMILES string of the molecule is Cc1ccc(S(=O)(=O)O[C@H](OP(=O)(O)O)[C@H](C)O)cc1. The normalized spacial score (nSPS) is 15.8. The van der Waals surface area contributed by atoms with Crippen LogP contribution < -0.4 is 0 Å². The smallest absolute Gasteiger partial charge is 0.388 e. The number of phosphoric acid groups is 1. The summed E-state index contributed by atoms with van der Waals surface area (Å²) in [6, 6.07) is 5.58. The summed E-state index contributed by atoms with van der Waals surface area (Å²) in [5, 5.41) is 9.27. The van der Waals surface area contributed by atoms with E-state index in [1.165, 1.54) is 24.3 Å². The molecule has 2 atom stereocenters. The average Bonchev–Trinajstić information content (AvgIpc) is 2.26. The molecule has 0 spiro atoms. The molecular weight excluding hydrogens is 311 g/mol. The van der Waals surface area contributed by atoms with E-state index in [0.717, 1.165) is 12.5 Å². The number of hydrogen-bond donors (Lipinski definition) is 3. The van der Waals surface area contributed by atoms with E-state index in [9.17, 15) is 18.1 Å². The van der Waals surface area contributed by atoms with Gasteiger partial charge in [0.2, 0.25) is 6.29 Å². The third-order valence-corrected chi connectivity index (χ3v) is 3.94. The molecule has 0 aliphatic rings. The summed E-state index contributed by atoms with van der Waals surface area (Å²) >= 11 is 0. The van der Waals surface area contributed by atoms with Crippen LogP contribution in [0.5, 0.6) is 0 Å². The van der Waals surface area contributed by atoms with Gasteiger partial charge in [0.25, 0.3) is 10.1 Å². The number of aliphatic hydroxyl groups excluding tert-OH is 1. The Hall–Kier alpha value is -0.800. The summed E-state index contributed by atoms with van der Waals surface area (Å²) in [5.74, 6) is 0. The van der Waals surface area contributed by atoms with Gasteiger partial charge in [-0.05, 0) is 26.0 Å². The fourth-order valence-corrected chi connectivity index (χ4v) is 2.79. The molecule has 0 bridgehead atoms. The molecule has 0 aliphatic heterocycles. The average molecular weight is 326 g/mol. The Morgan fingerprint density at radius 3 is 2.10 bits per heavy atom. The van der Waals surface area contributed by atoms with Gasteiger partial charge in [-0.1, -0.05) is 17.7 Å². The highest BCUT2D eigenvalue weighted by Gasteiger charge is 2.32. The molecule has 0 aliphatic carbocycles. The largest absolute Gasteiger partial charge is 0.472 e. The van der Waals surface area contributed by atoms with Gasteiger partial charge in [0.15, 0.2) is 0 Å². The van der Waals surface area contributed by atoms with E-state index in [0.29, 0.717) is 0 Å². The van der Waals surface area contributed by atoms with E-state index in [1.807, 2.05) is 0 Å². The maximum absolute atomic E-state index is 11.9. The highest BCUT2D eigenvalue weighted by atomic mass is 32.2. The van der Waals surface area contributed by atoms with Crippen LogP contribution in [0.25, 0.3) is 0 Å². The zero-order valence-corrected chi connectivity index (χ0v) is 12.4. The topological polar surface area (TPSA) is 130 Å². The van der Waals surface area contributed by atoms with Crippen molar-refractivity contribution in [1.82, 2.24) is 0 Å². The van der Waals surface area contributed by atoms with Crippen molar-refractivity contribution < 1.29 is 36.6 Å². The lowest BCUT2D eigenvalue weighted by atomic mass is 10.2. The van der Waals surface area contributed by atoms with Crippen LogP contribution in [0.4, 0.5) is 0 Å². The van der Waals surface area contributed by atoms with Gasteiger partial charge in [-0.2, -0.15) is 8.42 Å². The molecule has 0 heterocycles. The molecule has 3 N–H and O–H groups in total. The fraction of sp³-hybridized carbons (Fsp3) is 0.400. The van der Waals surface area contributed by atoms with Crippen LogP contribution in [0.2, 0.25) is 0 Å². The predicted octanol–water partition coefficient (Wildman–Crippen LogP) is 0.517. The quantitative estimate of drug-likeness (QED) is 0.392. The molecule has 0 aromatic heterocycles. The monoisotopic (exact) mass is 326 g/mol. The second-order valence-electron chi connectivity index (χ2n) is 4.07. The number of aryl methyl sites for hydroxylation is 1. The van der Waals surface area contributed by atoms with Gasteiger partial charge in [0.05, 0.1) is 4.90 Å². The Morgan fingerprint density at radius 2 is 1.70 bits per heavy atom. The second-order valence-corrected chi connectivity index (χ2v) is 6.83. The minimum absolute atomic E-state index is 0.219. The van der Waals surface area contributed by atoms with E-state index < -0.39 is 30.3 Å².